The summed E-state index contributed by atoms with van der Waals surface area (Å²) in [6.07, 6.45) is 0. The van der Waals surface area contributed by atoms with Gasteiger partial charge in [0.05, 0.1) is 16.3 Å². The Hall–Kier alpha value is -1.35. The minimum absolute atomic E-state index is 0.362. The van der Waals surface area contributed by atoms with E-state index in [2.05, 4.69) is 5.32 Å². The third-order valence-corrected chi connectivity index (χ3v) is 2.51. The summed E-state index contributed by atoms with van der Waals surface area (Å²) < 4.78 is 0. The van der Waals surface area contributed by atoms with E-state index in [0.717, 1.165) is 5.56 Å². The molecule has 1 aromatic carbocycles. The van der Waals surface area contributed by atoms with Gasteiger partial charge in [-0.3, -0.25) is 9.59 Å². The summed E-state index contributed by atoms with van der Waals surface area (Å²) in [6, 6.07) is 3.33. The number of carbonyl (C=O) groups is 2. The first-order chi connectivity index (χ1) is 6.11. The van der Waals surface area contributed by atoms with Gasteiger partial charge < -0.3 is 5.32 Å². The number of Topliss-reactive ketones (excluding diaryl/α,β-unsaturated/α-hetero) is 1. The Morgan fingerprint density at radius 2 is 2.00 bits per heavy atom. The second-order valence-electron chi connectivity index (χ2n) is 2.90. The normalized spacial score (nSPS) is 14.3. The molecule has 1 aliphatic rings. The highest BCUT2D eigenvalue weighted by Crippen LogP contribution is 2.33. The quantitative estimate of drug-likeness (QED) is 0.642. The molecule has 1 amide bonds. The molecule has 13 heavy (non-hydrogen) atoms. The zero-order valence-corrected chi connectivity index (χ0v) is 7.61. The minimum Gasteiger partial charge on any atom is -0.317 e. The standard InChI is InChI=1S/C9H6ClNO2/c1-4-2-3-5-7(6(4)10)11-9(13)8(5)12/h2-3H,1H3,(H,11,12,13). The van der Waals surface area contributed by atoms with E-state index >= 15 is 0 Å². The van der Waals surface area contributed by atoms with E-state index in [0.29, 0.717) is 16.3 Å². The second-order valence-corrected chi connectivity index (χ2v) is 3.28. The molecule has 0 saturated heterocycles. The predicted octanol–water partition coefficient (Wildman–Crippen LogP) is 1.78. The number of benzene rings is 1. The summed E-state index contributed by atoms with van der Waals surface area (Å²) >= 11 is 5.90. The van der Waals surface area contributed by atoms with Crippen LogP contribution in [0.1, 0.15) is 15.9 Å². The van der Waals surface area contributed by atoms with Crippen LogP contribution in [0.15, 0.2) is 12.1 Å². The first-order valence-corrected chi connectivity index (χ1v) is 4.14. The molecule has 0 aliphatic carbocycles. The van der Waals surface area contributed by atoms with Gasteiger partial charge in [0.2, 0.25) is 0 Å². The Bertz CT molecular complexity index is 426. The number of hydrogen-bond acceptors (Lipinski definition) is 2. The predicted molar refractivity (Wildman–Crippen MR) is 49.1 cm³/mol. The number of carbonyl (C=O) groups excluding carboxylic acids is 2. The molecule has 1 N–H and O–H groups in total. The fourth-order valence-electron chi connectivity index (χ4n) is 1.28. The van der Waals surface area contributed by atoms with Gasteiger partial charge in [-0.2, -0.15) is 0 Å². The summed E-state index contributed by atoms with van der Waals surface area (Å²) in [4.78, 5) is 22.2. The van der Waals surface area contributed by atoms with Crippen LogP contribution in [0, 0.1) is 6.92 Å². The summed E-state index contributed by atoms with van der Waals surface area (Å²) in [6.45, 7) is 1.82. The van der Waals surface area contributed by atoms with E-state index in [1.807, 2.05) is 6.92 Å². The lowest BCUT2D eigenvalue weighted by Crippen LogP contribution is -2.12. The summed E-state index contributed by atoms with van der Waals surface area (Å²) in [5, 5.41) is 2.88. The zero-order valence-electron chi connectivity index (χ0n) is 6.85. The lowest BCUT2D eigenvalue weighted by atomic mass is 10.1. The first kappa shape index (κ1) is 8.26. The molecule has 0 bridgehead atoms. The van der Waals surface area contributed by atoms with Crippen molar-refractivity contribution in [1.29, 1.82) is 0 Å². The van der Waals surface area contributed by atoms with Gasteiger partial charge in [-0.05, 0) is 18.6 Å². The molecular weight excluding hydrogens is 190 g/mol. The fraction of sp³-hybridized carbons (Fsp3) is 0.111. The Balaban J connectivity index is 2.70. The first-order valence-electron chi connectivity index (χ1n) is 3.76. The SMILES string of the molecule is Cc1ccc2c(c1Cl)NC(=O)C2=O. The maximum Gasteiger partial charge on any atom is 0.296 e. The molecule has 0 unspecified atom stereocenters. The monoisotopic (exact) mass is 195 g/mol. The van der Waals surface area contributed by atoms with Crippen LogP contribution < -0.4 is 5.32 Å². The molecule has 0 spiro atoms. The van der Waals surface area contributed by atoms with E-state index in [-0.39, 0.29) is 0 Å². The highest BCUT2D eigenvalue weighted by molar-refractivity contribution is 6.53. The van der Waals surface area contributed by atoms with Gasteiger partial charge in [0.1, 0.15) is 0 Å². The molecule has 1 aliphatic heterocycles. The van der Waals surface area contributed by atoms with Crippen molar-refractivity contribution in [3.63, 3.8) is 0 Å². The number of hydrogen-bond donors (Lipinski definition) is 1. The van der Waals surface area contributed by atoms with Crippen LogP contribution in [0.2, 0.25) is 5.02 Å². The van der Waals surface area contributed by atoms with Gasteiger partial charge in [0, 0.05) is 0 Å². The van der Waals surface area contributed by atoms with Crippen molar-refractivity contribution in [2.75, 3.05) is 5.32 Å². The molecule has 3 nitrogen and oxygen atoms in total. The van der Waals surface area contributed by atoms with Crippen molar-refractivity contribution in [1.82, 2.24) is 0 Å². The van der Waals surface area contributed by atoms with Gasteiger partial charge in [-0.1, -0.05) is 17.7 Å². The number of fused-ring (bicyclic) bond motifs is 1. The van der Waals surface area contributed by atoms with Gasteiger partial charge in [-0.25, -0.2) is 0 Å². The van der Waals surface area contributed by atoms with Crippen molar-refractivity contribution >= 4 is 29.0 Å². The number of anilines is 1. The molecule has 1 heterocycles. The molecule has 0 saturated carbocycles. The molecule has 2 rings (SSSR count). The summed E-state index contributed by atoms with van der Waals surface area (Å²) in [7, 11) is 0. The van der Waals surface area contributed by atoms with Crippen LogP contribution in [0.25, 0.3) is 0 Å². The Morgan fingerprint density at radius 3 is 2.69 bits per heavy atom. The Labute approximate surface area is 79.7 Å². The third-order valence-electron chi connectivity index (χ3n) is 2.02. The zero-order chi connectivity index (χ0) is 9.59. The molecule has 0 aromatic heterocycles. The molecule has 0 fully saturated rings. The molecule has 4 heteroatoms. The Kier molecular flexibility index (Phi) is 1.63. The molecular formula is C9H6ClNO2. The number of halogens is 1. The van der Waals surface area contributed by atoms with Crippen molar-refractivity contribution < 1.29 is 9.59 Å². The average Bonchev–Trinajstić information content (AvgIpc) is 2.38. The van der Waals surface area contributed by atoms with Gasteiger partial charge >= 0.3 is 0 Å². The number of nitrogens with one attached hydrogen (secondary N) is 1. The van der Waals surface area contributed by atoms with Crippen molar-refractivity contribution in [3.05, 3.63) is 28.3 Å². The van der Waals surface area contributed by atoms with Crippen LogP contribution in [-0.4, -0.2) is 11.7 Å². The van der Waals surface area contributed by atoms with Crippen LogP contribution in [0.4, 0.5) is 5.69 Å². The molecule has 0 radical (unpaired) electrons. The van der Waals surface area contributed by atoms with E-state index in [1.165, 1.54) is 0 Å². The van der Waals surface area contributed by atoms with Crippen LogP contribution in [-0.2, 0) is 4.79 Å². The number of rotatable bonds is 0. The van der Waals surface area contributed by atoms with E-state index in [4.69, 9.17) is 11.6 Å². The lowest BCUT2D eigenvalue weighted by molar-refractivity contribution is -0.112. The topological polar surface area (TPSA) is 46.2 Å². The summed E-state index contributed by atoms with van der Waals surface area (Å²) in [5.74, 6) is -1.13. The smallest absolute Gasteiger partial charge is 0.296 e. The lowest BCUT2D eigenvalue weighted by Gasteiger charge is -2.02. The van der Waals surface area contributed by atoms with Crippen LogP contribution >= 0.6 is 11.6 Å². The van der Waals surface area contributed by atoms with Crippen molar-refractivity contribution in [2.45, 2.75) is 6.92 Å². The van der Waals surface area contributed by atoms with Gasteiger partial charge in [0.25, 0.3) is 11.7 Å². The summed E-state index contributed by atoms with van der Waals surface area (Å²) in [5.41, 5.74) is 1.65. The van der Waals surface area contributed by atoms with Gasteiger partial charge in [0.15, 0.2) is 0 Å². The molecule has 1 aromatic rings. The Morgan fingerprint density at radius 1 is 1.31 bits per heavy atom. The second kappa shape index (κ2) is 2.57. The van der Waals surface area contributed by atoms with E-state index < -0.39 is 11.7 Å². The maximum absolute atomic E-state index is 11.2. The number of amides is 1. The van der Waals surface area contributed by atoms with Crippen LogP contribution in [0.3, 0.4) is 0 Å². The van der Waals surface area contributed by atoms with Gasteiger partial charge in [-0.15, -0.1) is 0 Å². The van der Waals surface area contributed by atoms with Crippen LogP contribution in [0.5, 0.6) is 0 Å². The number of ketones is 1. The fourth-order valence-corrected chi connectivity index (χ4v) is 1.50. The number of aryl methyl sites for hydroxylation is 1. The average molecular weight is 196 g/mol. The van der Waals surface area contributed by atoms with E-state index in [9.17, 15) is 9.59 Å². The van der Waals surface area contributed by atoms with Crippen molar-refractivity contribution in [2.24, 2.45) is 0 Å². The minimum atomic E-state index is -0.609. The molecule has 0 atom stereocenters. The van der Waals surface area contributed by atoms with E-state index in [1.54, 1.807) is 12.1 Å². The maximum atomic E-state index is 11.2. The van der Waals surface area contributed by atoms with Crippen molar-refractivity contribution in [3.8, 4) is 0 Å². The highest BCUT2D eigenvalue weighted by atomic mass is 35.5. The molecule has 66 valence electrons. The third kappa shape index (κ3) is 1.04. The highest BCUT2D eigenvalue weighted by Gasteiger charge is 2.29. The largest absolute Gasteiger partial charge is 0.317 e.